The molecule has 8 heteroatoms. The zero-order valence-corrected chi connectivity index (χ0v) is 18.3. The molecule has 5 rings (SSSR count). The molecular weight excluding hydrogens is 398 g/mol. The molecule has 3 heterocycles. The number of halogens is 1. The number of hydrogen-bond donors (Lipinski definition) is 2. The van der Waals surface area contributed by atoms with Gasteiger partial charge in [0.2, 0.25) is 5.65 Å². The number of aromatic amines is 1. The second kappa shape index (κ2) is 7.39. The Morgan fingerprint density at radius 1 is 1.23 bits per heavy atom. The van der Waals surface area contributed by atoms with Crippen LogP contribution in [0.5, 0.6) is 0 Å². The summed E-state index contributed by atoms with van der Waals surface area (Å²) in [6.45, 7) is 1.95. The molecule has 0 bridgehead atoms. The van der Waals surface area contributed by atoms with Crippen molar-refractivity contribution in [3.8, 4) is 11.3 Å². The molecule has 7 nitrogen and oxygen atoms in total. The Morgan fingerprint density at radius 3 is 2.73 bits per heavy atom. The molecule has 1 aromatic carbocycles. The molecule has 3 N–H and O–H groups in total. The van der Waals surface area contributed by atoms with Crippen molar-refractivity contribution in [2.24, 2.45) is 11.1 Å². The van der Waals surface area contributed by atoms with Crippen molar-refractivity contribution in [3.63, 3.8) is 0 Å². The van der Waals surface area contributed by atoms with E-state index in [2.05, 4.69) is 15.1 Å². The Balaban J connectivity index is 1.42. The molecule has 30 heavy (non-hydrogen) atoms. The van der Waals surface area contributed by atoms with Gasteiger partial charge in [0.05, 0.1) is 22.6 Å². The van der Waals surface area contributed by atoms with Gasteiger partial charge in [-0.1, -0.05) is 30.2 Å². The van der Waals surface area contributed by atoms with Crippen molar-refractivity contribution < 1.29 is 0 Å². The lowest BCUT2D eigenvalue weighted by molar-refractivity contribution is 0.197. The van der Waals surface area contributed by atoms with E-state index in [1.165, 1.54) is 19.3 Å². The van der Waals surface area contributed by atoms with Crippen LogP contribution in [0.25, 0.3) is 22.4 Å². The second-order valence-electron chi connectivity index (χ2n) is 8.88. The first-order chi connectivity index (χ1) is 14.5. The third-order valence-electron chi connectivity index (χ3n) is 7.04. The maximum Gasteiger partial charge on any atom is 0.202 e. The number of rotatable bonds is 3. The van der Waals surface area contributed by atoms with Crippen LogP contribution in [0.15, 0.2) is 24.4 Å². The third-order valence-corrected chi connectivity index (χ3v) is 7.44. The first kappa shape index (κ1) is 19.6. The Labute approximate surface area is 181 Å². The van der Waals surface area contributed by atoms with Gasteiger partial charge < -0.3 is 15.5 Å². The molecule has 1 aliphatic carbocycles. The zero-order chi connectivity index (χ0) is 20.9. The minimum absolute atomic E-state index is 0.335. The number of benzene rings is 1. The maximum atomic E-state index is 6.66. The fraction of sp³-hybridized carbons (Fsp3) is 0.500. The third kappa shape index (κ3) is 3.11. The van der Waals surface area contributed by atoms with Crippen molar-refractivity contribution >= 4 is 34.3 Å². The number of nitrogens with one attached hydrogen (secondary N) is 1. The average Bonchev–Trinajstić information content (AvgIpc) is 3.32. The SMILES string of the molecule is CN(C)c1cccc(-c2[nH]nc3nc(N4CCC5(CCC[C@H]5N)CC4)cnc23)c1Cl. The van der Waals surface area contributed by atoms with Gasteiger partial charge in [-0.15, -0.1) is 0 Å². The summed E-state index contributed by atoms with van der Waals surface area (Å²) >= 11 is 6.66. The summed E-state index contributed by atoms with van der Waals surface area (Å²) in [5.74, 6) is 0.884. The molecule has 0 amide bonds. The average molecular weight is 426 g/mol. The number of fused-ring (bicyclic) bond motifs is 1. The van der Waals surface area contributed by atoms with E-state index in [0.29, 0.717) is 22.1 Å². The molecule has 1 aliphatic heterocycles. The quantitative estimate of drug-likeness (QED) is 0.663. The molecule has 1 atom stereocenters. The van der Waals surface area contributed by atoms with Gasteiger partial charge in [0.1, 0.15) is 11.3 Å². The first-order valence-electron chi connectivity index (χ1n) is 10.7. The molecule has 2 fully saturated rings. The minimum Gasteiger partial charge on any atom is -0.376 e. The van der Waals surface area contributed by atoms with Gasteiger partial charge in [-0.3, -0.25) is 5.10 Å². The van der Waals surface area contributed by atoms with Gasteiger partial charge in [0, 0.05) is 38.8 Å². The van der Waals surface area contributed by atoms with Gasteiger partial charge in [0.15, 0.2) is 0 Å². The molecular formula is C22H28ClN7. The molecule has 1 spiro atoms. The number of hydrogen-bond acceptors (Lipinski definition) is 6. The molecule has 3 aromatic rings. The Hall–Kier alpha value is -2.38. The lowest BCUT2D eigenvalue weighted by Crippen LogP contribution is -2.47. The normalized spacial score (nSPS) is 20.9. The van der Waals surface area contributed by atoms with Crippen molar-refractivity contribution in [2.45, 2.75) is 38.1 Å². The van der Waals surface area contributed by atoms with Crippen LogP contribution in [0, 0.1) is 5.41 Å². The number of H-pyrrole nitrogens is 1. The van der Waals surface area contributed by atoms with Gasteiger partial charge in [0.25, 0.3) is 0 Å². The number of anilines is 2. The largest absolute Gasteiger partial charge is 0.376 e. The van der Waals surface area contributed by atoms with E-state index in [4.69, 9.17) is 27.3 Å². The predicted octanol–water partition coefficient (Wildman–Crippen LogP) is 3.84. The number of nitrogens with two attached hydrogens (primary N) is 1. The van der Waals surface area contributed by atoms with E-state index in [1.54, 1.807) is 0 Å². The van der Waals surface area contributed by atoms with Crippen LogP contribution < -0.4 is 15.5 Å². The van der Waals surface area contributed by atoms with Crippen LogP contribution in [0.2, 0.25) is 5.02 Å². The smallest absolute Gasteiger partial charge is 0.202 e. The molecule has 1 saturated carbocycles. The maximum absolute atomic E-state index is 6.66. The van der Waals surface area contributed by atoms with Crippen LogP contribution in [0.4, 0.5) is 11.5 Å². The van der Waals surface area contributed by atoms with Crippen molar-refractivity contribution in [1.29, 1.82) is 0 Å². The van der Waals surface area contributed by atoms with E-state index in [1.807, 2.05) is 43.4 Å². The van der Waals surface area contributed by atoms with Gasteiger partial charge in [-0.25, -0.2) is 9.97 Å². The van der Waals surface area contributed by atoms with Gasteiger partial charge >= 0.3 is 0 Å². The summed E-state index contributed by atoms with van der Waals surface area (Å²) in [4.78, 5) is 13.8. The van der Waals surface area contributed by atoms with Crippen LogP contribution >= 0.6 is 11.6 Å². The predicted molar refractivity (Wildman–Crippen MR) is 122 cm³/mol. The topological polar surface area (TPSA) is 87.0 Å². The molecule has 158 valence electrons. The summed E-state index contributed by atoms with van der Waals surface area (Å²) in [7, 11) is 3.95. The monoisotopic (exact) mass is 425 g/mol. The number of piperidine rings is 1. The summed E-state index contributed by atoms with van der Waals surface area (Å²) in [6, 6.07) is 6.31. The standard InChI is InChI=1S/C22H28ClN7/c1-29(2)15-6-3-5-14(18(15)23)19-20-21(28-27-19)26-17(13-25-20)30-11-9-22(10-12-30)8-4-7-16(22)24/h3,5-6,13,16H,4,7-12,24H2,1-2H3,(H,26,27,28)/t16-/m1/s1. The minimum atomic E-state index is 0.335. The summed E-state index contributed by atoms with van der Waals surface area (Å²) in [5, 5.41) is 8.21. The molecule has 2 aliphatic rings. The van der Waals surface area contributed by atoms with Crippen molar-refractivity contribution in [1.82, 2.24) is 20.2 Å². The summed E-state index contributed by atoms with van der Waals surface area (Å²) in [5.41, 5.74) is 10.7. The highest BCUT2D eigenvalue weighted by molar-refractivity contribution is 6.36. The van der Waals surface area contributed by atoms with E-state index in [9.17, 15) is 0 Å². The van der Waals surface area contributed by atoms with E-state index >= 15 is 0 Å². The second-order valence-corrected chi connectivity index (χ2v) is 9.26. The fourth-order valence-corrected chi connectivity index (χ4v) is 5.54. The number of nitrogens with zero attached hydrogens (tertiary/aromatic N) is 5. The Morgan fingerprint density at radius 2 is 2.03 bits per heavy atom. The number of aromatic nitrogens is 4. The lowest BCUT2D eigenvalue weighted by atomic mass is 9.74. The van der Waals surface area contributed by atoms with Crippen LogP contribution in [0.1, 0.15) is 32.1 Å². The zero-order valence-electron chi connectivity index (χ0n) is 17.5. The first-order valence-corrected chi connectivity index (χ1v) is 11.0. The molecule has 0 radical (unpaired) electrons. The van der Waals surface area contributed by atoms with Crippen LogP contribution in [-0.2, 0) is 0 Å². The van der Waals surface area contributed by atoms with Crippen LogP contribution in [0.3, 0.4) is 0 Å². The Bertz CT molecular complexity index is 1070. The highest BCUT2D eigenvalue weighted by Gasteiger charge is 2.43. The highest BCUT2D eigenvalue weighted by atomic mass is 35.5. The van der Waals surface area contributed by atoms with Gasteiger partial charge in [-0.2, -0.15) is 5.10 Å². The molecule has 2 aromatic heterocycles. The summed E-state index contributed by atoms with van der Waals surface area (Å²) < 4.78 is 0. The van der Waals surface area contributed by atoms with Crippen molar-refractivity contribution in [3.05, 3.63) is 29.4 Å². The molecule has 1 saturated heterocycles. The van der Waals surface area contributed by atoms with Gasteiger partial charge in [-0.05, 0) is 37.2 Å². The van der Waals surface area contributed by atoms with E-state index < -0.39 is 0 Å². The Kier molecular flexibility index (Phi) is 4.82. The fourth-order valence-electron chi connectivity index (χ4n) is 5.15. The van der Waals surface area contributed by atoms with Crippen LogP contribution in [-0.4, -0.2) is 53.4 Å². The van der Waals surface area contributed by atoms with Crippen molar-refractivity contribution in [2.75, 3.05) is 37.0 Å². The molecule has 0 unspecified atom stereocenters. The lowest BCUT2D eigenvalue weighted by Gasteiger charge is -2.42. The van der Waals surface area contributed by atoms with E-state index in [0.717, 1.165) is 54.2 Å². The summed E-state index contributed by atoms with van der Waals surface area (Å²) in [6.07, 6.45) is 7.82. The van der Waals surface area contributed by atoms with E-state index in [-0.39, 0.29) is 0 Å². The highest BCUT2D eigenvalue weighted by Crippen LogP contribution is 2.46.